The zero-order chi connectivity index (χ0) is 13.9. The van der Waals surface area contributed by atoms with Crippen LogP contribution in [0.25, 0.3) is 0 Å². The van der Waals surface area contributed by atoms with Gasteiger partial charge in [0.2, 0.25) is 0 Å². The average molecular weight is 279 g/mol. The van der Waals surface area contributed by atoms with Gasteiger partial charge in [0, 0.05) is 39.2 Å². The summed E-state index contributed by atoms with van der Waals surface area (Å²) in [5.41, 5.74) is 5.94. The molecule has 3 heterocycles. The molecule has 6 heteroatoms. The molecule has 2 N–H and O–H groups in total. The van der Waals surface area contributed by atoms with Crippen molar-refractivity contribution < 1.29 is 4.74 Å². The SMILES string of the molecule is COC1CCN(Cc2nnc3n2CCCC3)C(CN)C1. The summed E-state index contributed by atoms with van der Waals surface area (Å²) in [6.45, 7) is 3.65. The van der Waals surface area contributed by atoms with Crippen molar-refractivity contribution in [2.75, 3.05) is 20.2 Å². The summed E-state index contributed by atoms with van der Waals surface area (Å²) in [6, 6.07) is 0.394. The van der Waals surface area contributed by atoms with Gasteiger partial charge >= 0.3 is 0 Å². The quantitative estimate of drug-likeness (QED) is 0.872. The van der Waals surface area contributed by atoms with Gasteiger partial charge < -0.3 is 15.0 Å². The van der Waals surface area contributed by atoms with Gasteiger partial charge in [0.25, 0.3) is 0 Å². The maximum atomic E-state index is 5.94. The number of methoxy groups -OCH3 is 1. The van der Waals surface area contributed by atoms with E-state index in [9.17, 15) is 0 Å². The van der Waals surface area contributed by atoms with Crippen molar-refractivity contribution >= 4 is 0 Å². The summed E-state index contributed by atoms with van der Waals surface area (Å²) < 4.78 is 7.79. The molecule has 0 radical (unpaired) electrons. The van der Waals surface area contributed by atoms with Crippen LogP contribution in [0.2, 0.25) is 0 Å². The van der Waals surface area contributed by atoms with Crippen molar-refractivity contribution in [3.63, 3.8) is 0 Å². The first kappa shape index (κ1) is 14.0. The summed E-state index contributed by atoms with van der Waals surface area (Å²) in [4.78, 5) is 2.45. The third-order valence-corrected chi connectivity index (χ3v) is 4.68. The minimum absolute atomic E-state index is 0.354. The van der Waals surface area contributed by atoms with Crippen molar-refractivity contribution in [3.05, 3.63) is 11.6 Å². The molecule has 1 saturated heterocycles. The molecule has 0 saturated carbocycles. The molecule has 112 valence electrons. The Morgan fingerprint density at radius 1 is 1.30 bits per heavy atom. The highest BCUT2D eigenvalue weighted by molar-refractivity contribution is 5.00. The fourth-order valence-electron chi connectivity index (χ4n) is 3.40. The largest absolute Gasteiger partial charge is 0.381 e. The summed E-state index contributed by atoms with van der Waals surface area (Å²) in [5, 5.41) is 8.73. The fourth-order valence-corrected chi connectivity index (χ4v) is 3.40. The molecule has 2 unspecified atom stereocenters. The highest BCUT2D eigenvalue weighted by Gasteiger charge is 2.29. The molecule has 20 heavy (non-hydrogen) atoms. The molecule has 3 rings (SSSR count). The highest BCUT2D eigenvalue weighted by atomic mass is 16.5. The zero-order valence-electron chi connectivity index (χ0n) is 12.3. The van der Waals surface area contributed by atoms with Crippen LogP contribution in [0.15, 0.2) is 0 Å². The number of hydrogen-bond acceptors (Lipinski definition) is 5. The molecule has 2 aliphatic heterocycles. The van der Waals surface area contributed by atoms with E-state index in [1.165, 1.54) is 12.8 Å². The third-order valence-electron chi connectivity index (χ3n) is 4.68. The Kier molecular flexibility index (Phi) is 4.33. The van der Waals surface area contributed by atoms with Crippen LogP contribution in [0.5, 0.6) is 0 Å². The van der Waals surface area contributed by atoms with Crippen LogP contribution in [-0.2, 0) is 24.2 Å². The van der Waals surface area contributed by atoms with Crippen molar-refractivity contribution in [1.82, 2.24) is 19.7 Å². The van der Waals surface area contributed by atoms with Gasteiger partial charge in [-0.05, 0) is 25.7 Å². The molecular formula is C14H25N5O. The monoisotopic (exact) mass is 279 g/mol. The third kappa shape index (κ3) is 2.73. The molecule has 1 aromatic rings. The number of rotatable bonds is 4. The van der Waals surface area contributed by atoms with Crippen LogP contribution in [0, 0.1) is 0 Å². The number of aromatic nitrogens is 3. The summed E-state index contributed by atoms with van der Waals surface area (Å²) in [6.07, 6.45) is 6.00. The van der Waals surface area contributed by atoms with Gasteiger partial charge in [0.15, 0.2) is 0 Å². The Balaban J connectivity index is 1.69. The van der Waals surface area contributed by atoms with Gasteiger partial charge in [0.05, 0.1) is 12.6 Å². The van der Waals surface area contributed by atoms with E-state index in [1.807, 2.05) is 0 Å². The minimum Gasteiger partial charge on any atom is -0.381 e. The van der Waals surface area contributed by atoms with Crippen LogP contribution in [0.3, 0.4) is 0 Å². The molecule has 0 aromatic carbocycles. The van der Waals surface area contributed by atoms with Crippen LogP contribution < -0.4 is 5.73 Å². The summed E-state index contributed by atoms with van der Waals surface area (Å²) >= 11 is 0. The average Bonchev–Trinajstić information content (AvgIpc) is 2.91. The number of fused-ring (bicyclic) bond motifs is 1. The molecule has 0 spiro atoms. The molecule has 2 aliphatic rings. The molecule has 0 aliphatic carbocycles. The Morgan fingerprint density at radius 2 is 2.20 bits per heavy atom. The van der Waals surface area contributed by atoms with Gasteiger partial charge in [-0.1, -0.05) is 0 Å². The lowest BCUT2D eigenvalue weighted by Crippen LogP contribution is -2.48. The van der Waals surface area contributed by atoms with E-state index >= 15 is 0 Å². The maximum absolute atomic E-state index is 5.94. The van der Waals surface area contributed by atoms with Gasteiger partial charge in [0.1, 0.15) is 11.6 Å². The number of hydrogen-bond donors (Lipinski definition) is 1. The smallest absolute Gasteiger partial charge is 0.147 e. The number of piperidine rings is 1. The standard InChI is InChI=1S/C14H25N5O/c1-20-12-5-7-18(11(8-12)9-15)10-14-17-16-13-4-2-3-6-19(13)14/h11-12H,2-10,15H2,1H3. The first-order valence-electron chi connectivity index (χ1n) is 7.69. The number of ether oxygens (including phenoxy) is 1. The molecule has 6 nitrogen and oxygen atoms in total. The van der Waals surface area contributed by atoms with Crippen LogP contribution in [0.1, 0.15) is 37.3 Å². The summed E-state index contributed by atoms with van der Waals surface area (Å²) in [7, 11) is 1.79. The van der Waals surface area contributed by atoms with E-state index in [-0.39, 0.29) is 0 Å². The van der Waals surface area contributed by atoms with Crippen LogP contribution in [-0.4, -0.2) is 52.0 Å². The number of likely N-dealkylation sites (tertiary alicyclic amines) is 1. The van der Waals surface area contributed by atoms with Crippen molar-refractivity contribution in [3.8, 4) is 0 Å². The molecule has 1 aromatic heterocycles. The van der Waals surface area contributed by atoms with Gasteiger partial charge in [-0.3, -0.25) is 4.90 Å². The lowest BCUT2D eigenvalue weighted by Gasteiger charge is -2.38. The zero-order valence-corrected chi connectivity index (χ0v) is 12.3. The van der Waals surface area contributed by atoms with Gasteiger partial charge in [-0.2, -0.15) is 0 Å². The lowest BCUT2D eigenvalue weighted by atomic mass is 9.99. The Morgan fingerprint density at radius 3 is 3.00 bits per heavy atom. The normalized spacial score (nSPS) is 27.5. The van der Waals surface area contributed by atoms with E-state index in [0.717, 1.165) is 50.5 Å². The van der Waals surface area contributed by atoms with E-state index < -0.39 is 0 Å². The minimum atomic E-state index is 0.354. The van der Waals surface area contributed by atoms with Crippen molar-refractivity contribution in [2.24, 2.45) is 5.73 Å². The first-order chi connectivity index (χ1) is 9.81. The Labute approximate surface area is 120 Å². The Hall–Kier alpha value is -0.980. The van der Waals surface area contributed by atoms with Crippen LogP contribution >= 0.6 is 0 Å². The highest BCUT2D eigenvalue weighted by Crippen LogP contribution is 2.22. The second-order valence-corrected chi connectivity index (χ2v) is 5.88. The maximum Gasteiger partial charge on any atom is 0.147 e. The van der Waals surface area contributed by atoms with E-state index in [2.05, 4.69) is 19.7 Å². The predicted molar refractivity (Wildman–Crippen MR) is 76.2 cm³/mol. The van der Waals surface area contributed by atoms with Gasteiger partial charge in [-0.25, -0.2) is 0 Å². The lowest BCUT2D eigenvalue weighted by molar-refractivity contribution is 0.00885. The number of nitrogens with two attached hydrogens (primary N) is 1. The van der Waals surface area contributed by atoms with Crippen molar-refractivity contribution in [1.29, 1.82) is 0 Å². The summed E-state index contributed by atoms with van der Waals surface area (Å²) in [5.74, 6) is 2.26. The second kappa shape index (κ2) is 6.20. The van der Waals surface area contributed by atoms with Crippen molar-refractivity contribution in [2.45, 2.75) is 57.3 Å². The van der Waals surface area contributed by atoms with E-state index in [0.29, 0.717) is 18.7 Å². The van der Waals surface area contributed by atoms with Crippen LogP contribution in [0.4, 0.5) is 0 Å². The first-order valence-corrected chi connectivity index (χ1v) is 7.69. The fraction of sp³-hybridized carbons (Fsp3) is 0.857. The van der Waals surface area contributed by atoms with E-state index in [4.69, 9.17) is 10.5 Å². The topological polar surface area (TPSA) is 69.2 Å². The molecule has 1 fully saturated rings. The molecule has 0 amide bonds. The second-order valence-electron chi connectivity index (χ2n) is 5.88. The molecule has 2 atom stereocenters. The van der Waals surface area contributed by atoms with Gasteiger partial charge in [-0.15, -0.1) is 10.2 Å². The predicted octanol–water partition coefficient (Wildman–Crippen LogP) is 0.552. The number of aryl methyl sites for hydroxylation is 1. The number of nitrogens with zero attached hydrogens (tertiary/aromatic N) is 4. The van der Waals surface area contributed by atoms with E-state index in [1.54, 1.807) is 7.11 Å². The Bertz CT molecular complexity index is 447. The molecule has 0 bridgehead atoms. The molecular weight excluding hydrogens is 254 g/mol.